The summed E-state index contributed by atoms with van der Waals surface area (Å²) in [6, 6.07) is 18.1. The molecule has 0 aliphatic carbocycles. The average molecular weight is 368 g/mol. The number of nitrogens with zero attached hydrogens (tertiary/aromatic N) is 1. The van der Waals surface area contributed by atoms with Crippen LogP contribution in [0.3, 0.4) is 0 Å². The number of hydrogen-bond donors (Lipinski definition) is 2. The van der Waals surface area contributed by atoms with E-state index in [2.05, 4.69) is 15.6 Å². The van der Waals surface area contributed by atoms with Crippen LogP contribution in [0.1, 0.15) is 15.9 Å². The van der Waals surface area contributed by atoms with Crippen LogP contribution in [0.5, 0.6) is 5.75 Å². The molecule has 5 nitrogen and oxygen atoms in total. The fourth-order valence-corrected chi connectivity index (χ4v) is 2.58. The van der Waals surface area contributed by atoms with E-state index >= 15 is 0 Å². The zero-order chi connectivity index (χ0) is 18.4. The van der Waals surface area contributed by atoms with Gasteiger partial charge in [-0.25, -0.2) is 4.98 Å². The van der Waals surface area contributed by atoms with Gasteiger partial charge in [0.05, 0.1) is 7.11 Å². The monoisotopic (exact) mass is 367 g/mol. The fourth-order valence-electron chi connectivity index (χ4n) is 2.37. The van der Waals surface area contributed by atoms with Gasteiger partial charge in [0.2, 0.25) is 0 Å². The Labute approximate surface area is 157 Å². The average Bonchev–Trinajstić information content (AvgIpc) is 2.68. The van der Waals surface area contributed by atoms with Gasteiger partial charge in [-0.15, -0.1) is 0 Å². The highest BCUT2D eigenvalue weighted by molar-refractivity contribution is 6.31. The number of nitrogens with one attached hydrogen (secondary N) is 2. The Morgan fingerprint density at radius 2 is 1.88 bits per heavy atom. The van der Waals surface area contributed by atoms with Crippen molar-refractivity contribution in [2.45, 2.75) is 6.54 Å². The highest BCUT2D eigenvalue weighted by atomic mass is 35.5. The van der Waals surface area contributed by atoms with Gasteiger partial charge in [-0.05, 0) is 48.0 Å². The first kappa shape index (κ1) is 17.8. The molecule has 6 heteroatoms. The van der Waals surface area contributed by atoms with Crippen LogP contribution in [0.15, 0.2) is 66.9 Å². The van der Waals surface area contributed by atoms with Crippen molar-refractivity contribution in [3.63, 3.8) is 0 Å². The van der Waals surface area contributed by atoms with Gasteiger partial charge in [-0.3, -0.25) is 4.79 Å². The molecule has 0 bridgehead atoms. The van der Waals surface area contributed by atoms with E-state index in [9.17, 15) is 4.79 Å². The van der Waals surface area contributed by atoms with E-state index < -0.39 is 0 Å². The number of carbonyl (C=O) groups is 1. The first-order chi connectivity index (χ1) is 12.7. The number of rotatable bonds is 6. The predicted octanol–water partition coefficient (Wildman–Crippen LogP) is 4.61. The Balaban J connectivity index is 1.66. The van der Waals surface area contributed by atoms with Gasteiger partial charge in [0.25, 0.3) is 5.91 Å². The molecule has 0 aliphatic heterocycles. The summed E-state index contributed by atoms with van der Waals surface area (Å²) >= 11 is 6.15. The Morgan fingerprint density at radius 3 is 2.62 bits per heavy atom. The van der Waals surface area contributed by atoms with Crippen molar-refractivity contribution in [2.75, 3.05) is 17.7 Å². The predicted molar refractivity (Wildman–Crippen MR) is 104 cm³/mol. The molecule has 2 N–H and O–H groups in total. The van der Waals surface area contributed by atoms with Gasteiger partial charge in [0.1, 0.15) is 11.6 Å². The van der Waals surface area contributed by atoms with Crippen molar-refractivity contribution in [1.82, 2.24) is 4.98 Å². The minimum Gasteiger partial charge on any atom is -0.497 e. The molecule has 0 atom stereocenters. The second-order valence-corrected chi connectivity index (χ2v) is 5.96. The number of amides is 1. The quantitative estimate of drug-likeness (QED) is 0.668. The van der Waals surface area contributed by atoms with E-state index in [0.29, 0.717) is 28.6 Å². The van der Waals surface area contributed by atoms with Crippen LogP contribution in [0.25, 0.3) is 0 Å². The smallest absolute Gasteiger partial charge is 0.255 e. The Morgan fingerprint density at radius 1 is 1.12 bits per heavy atom. The maximum atomic E-state index is 12.4. The highest BCUT2D eigenvalue weighted by Crippen LogP contribution is 2.18. The standard InChI is InChI=1S/C20H18ClN3O2/c1-26-17-8-6-16(7-9-17)24-20(25)14-10-11-22-19(12-14)23-13-15-4-2-3-5-18(15)21/h2-12H,13H2,1H3,(H,22,23)(H,24,25). The van der Waals surface area contributed by atoms with Crippen molar-refractivity contribution in [3.05, 3.63) is 83.0 Å². The van der Waals surface area contributed by atoms with E-state index in [0.717, 1.165) is 11.3 Å². The lowest BCUT2D eigenvalue weighted by Gasteiger charge is -2.09. The van der Waals surface area contributed by atoms with E-state index in [-0.39, 0.29) is 5.91 Å². The number of pyridine rings is 1. The van der Waals surface area contributed by atoms with Gasteiger partial charge in [0, 0.05) is 29.0 Å². The first-order valence-corrected chi connectivity index (χ1v) is 8.42. The molecule has 1 heterocycles. The van der Waals surface area contributed by atoms with E-state index in [4.69, 9.17) is 16.3 Å². The Kier molecular flexibility index (Phi) is 5.71. The van der Waals surface area contributed by atoms with Crippen LogP contribution in [-0.2, 0) is 6.54 Å². The van der Waals surface area contributed by atoms with Crippen molar-refractivity contribution in [3.8, 4) is 5.75 Å². The zero-order valence-corrected chi connectivity index (χ0v) is 15.0. The SMILES string of the molecule is COc1ccc(NC(=O)c2ccnc(NCc3ccccc3Cl)c2)cc1. The third kappa shape index (κ3) is 4.52. The molecular formula is C20H18ClN3O2. The minimum absolute atomic E-state index is 0.210. The Hall–Kier alpha value is -3.05. The van der Waals surface area contributed by atoms with E-state index in [1.54, 1.807) is 49.7 Å². The number of aromatic nitrogens is 1. The summed E-state index contributed by atoms with van der Waals surface area (Å²) in [7, 11) is 1.60. The molecule has 1 aromatic heterocycles. The summed E-state index contributed by atoms with van der Waals surface area (Å²) in [6.45, 7) is 0.524. The molecule has 0 aliphatic rings. The summed E-state index contributed by atoms with van der Waals surface area (Å²) in [4.78, 5) is 16.7. The van der Waals surface area contributed by atoms with E-state index in [1.807, 2.05) is 24.3 Å². The molecule has 0 saturated heterocycles. The number of benzene rings is 2. The van der Waals surface area contributed by atoms with Crippen molar-refractivity contribution < 1.29 is 9.53 Å². The number of hydrogen-bond acceptors (Lipinski definition) is 4. The maximum Gasteiger partial charge on any atom is 0.255 e. The van der Waals surface area contributed by atoms with Crippen LogP contribution in [0.2, 0.25) is 5.02 Å². The molecule has 3 aromatic rings. The molecule has 26 heavy (non-hydrogen) atoms. The zero-order valence-electron chi connectivity index (χ0n) is 14.2. The van der Waals surface area contributed by atoms with E-state index in [1.165, 1.54) is 0 Å². The third-order valence-corrected chi connectivity index (χ3v) is 4.16. The largest absolute Gasteiger partial charge is 0.497 e. The van der Waals surface area contributed by atoms with Crippen LogP contribution >= 0.6 is 11.6 Å². The van der Waals surface area contributed by atoms with Gasteiger partial charge < -0.3 is 15.4 Å². The lowest BCUT2D eigenvalue weighted by molar-refractivity contribution is 0.102. The topological polar surface area (TPSA) is 63.2 Å². The van der Waals surface area contributed by atoms with Crippen LogP contribution < -0.4 is 15.4 Å². The fraction of sp³-hybridized carbons (Fsp3) is 0.100. The second-order valence-electron chi connectivity index (χ2n) is 5.56. The number of carbonyl (C=O) groups excluding carboxylic acids is 1. The van der Waals surface area contributed by atoms with Crippen LogP contribution in [0.4, 0.5) is 11.5 Å². The number of anilines is 2. The molecule has 0 fully saturated rings. The highest BCUT2D eigenvalue weighted by Gasteiger charge is 2.08. The van der Waals surface area contributed by atoms with Gasteiger partial charge in [0.15, 0.2) is 0 Å². The third-order valence-electron chi connectivity index (χ3n) is 3.79. The lowest BCUT2D eigenvalue weighted by atomic mass is 10.2. The van der Waals surface area contributed by atoms with Gasteiger partial charge in [-0.2, -0.15) is 0 Å². The minimum atomic E-state index is -0.210. The molecule has 1 amide bonds. The van der Waals surface area contributed by atoms with Gasteiger partial charge >= 0.3 is 0 Å². The number of ether oxygens (including phenoxy) is 1. The lowest BCUT2D eigenvalue weighted by Crippen LogP contribution is -2.12. The van der Waals surface area contributed by atoms with Gasteiger partial charge in [-0.1, -0.05) is 29.8 Å². The van der Waals surface area contributed by atoms with Crippen molar-refractivity contribution in [1.29, 1.82) is 0 Å². The van der Waals surface area contributed by atoms with Crippen LogP contribution in [-0.4, -0.2) is 18.0 Å². The van der Waals surface area contributed by atoms with Crippen molar-refractivity contribution in [2.24, 2.45) is 0 Å². The summed E-state index contributed by atoms with van der Waals surface area (Å²) in [6.07, 6.45) is 1.60. The molecule has 132 valence electrons. The second kappa shape index (κ2) is 8.36. The molecule has 3 rings (SSSR count). The van der Waals surface area contributed by atoms with Crippen LogP contribution in [0, 0.1) is 0 Å². The Bertz CT molecular complexity index is 898. The first-order valence-electron chi connectivity index (χ1n) is 8.04. The number of methoxy groups -OCH3 is 1. The summed E-state index contributed by atoms with van der Waals surface area (Å²) < 4.78 is 5.11. The molecule has 0 unspecified atom stereocenters. The summed E-state index contributed by atoms with van der Waals surface area (Å²) in [5.41, 5.74) is 2.17. The van der Waals surface area contributed by atoms with Crippen molar-refractivity contribution >= 4 is 29.0 Å². The molecule has 0 radical (unpaired) electrons. The normalized spacial score (nSPS) is 10.2. The molecule has 2 aromatic carbocycles. The summed E-state index contributed by atoms with van der Waals surface area (Å²) in [5.74, 6) is 1.13. The molecule has 0 spiro atoms. The maximum absolute atomic E-state index is 12.4. The molecule has 0 saturated carbocycles. The number of halogens is 1. The summed E-state index contributed by atoms with van der Waals surface area (Å²) in [5, 5.41) is 6.72. The molecular weight excluding hydrogens is 350 g/mol.